The Balaban J connectivity index is 1.28. The van der Waals surface area contributed by atoms with Gasteiger partial charge >= 0.3 is 5.97 Å². The summed E-state index contributed by atoms with van der Waals surface area (Å²) in [5.74, 6) is 0.610. The number of ether oxygens (including phenoxy) is 1. The second-order valence-electron chi connectivity index (χ2n) is 8.99. The summed E-state index contributed by atoms with van der Waals surface area (Å²) in [5.41, 5.74) is 4.39. The van der Waals surface area contributed by atoms with Crippen LogP contribution in [0.5, 0.6) is 5.75 Å². The first-order valence-corrected chi connectivity index (χ1v) is 12.0. The predicted molar refractivity (Wildman–Crippen MR) is 136 cm³/mol. The van der Waals surface area contributed by atoms with Crippen LogP contribution in [0.25, 0.3) is 11.3 Å². The van der Waals surface area contributed by atoms with Crippen LogP contribution in [-0.2, 0) is 24.4 Å². The average molecular weight is 482 g/mol. The van der Waals surface area contributed by atoms with Gasteiger partial charge in [0.05, 0.1) is 12.7 Å². The number of carboxylic acid groups (broad SMARTS) is 1. The van der Waals surface area contributed by atoms with Crippen LogP contribution in [0.15, 0.2) is 95.6 Å². The topological polar surface area (TPSA) is 80.0 Å². The van der Waals surface area contributed by atoms with Gasteiger partial charge in [-0.3, -0.25) is 9.59 Å². The summed E-state index contributed by atoms with van der Waals surface area (Å²) in [4.78, 5) is 26.3. The quantitative estimate of drug-likeness (QED) is 0.302. The Kier molecular flexibility index (Phi) is 6.85. The molecule has 1 aromatic heterocycles. The molecule has 3 aromatic carbocycles. The van der Waals surface area contributed by atoms with Crippen molar-refractivity contribution >= 4 is 11.9 Å². The molecule has 0 atom stereocenters. The van der Waals surface area contributed by atoms with E-state index < -0.39 is 5.97 Å². The van der Waals surface area contributed by atoms with E-state index in [0.29, 0.717) is 24.5 Å². The molecule has 1 aliphatic carbocycles. The smallest absolute Gasteiger partial charge is 0.307 e. The highest BCUT2D eigenvalue weighted by Crippen LogP contribution is 2.31. The summed E-state index contributed by atoms with van der Waals surface area (Å²) >= 11 is 0. The van der Waals surface area contributed by atoms with Gasteiger partial charge < -0.3 is 19.2 Å². The molecule has 36 heavy (non-hydrogen) atoms. The normalized spacial score (nSPS) is 12.8. The molecule has 1 heterocycles. The minimum absolute atomic E-state index is 0.0142. The van der Waals surface area contributed by atoms with E-state index in [1.54, 1.807) is 30.5 Å². The molecule has 1 saturated carbocycles. The molecule has 1 fully saturated rings. The summed E-state index contributed by atoms with van der Waals surface area (Å²) < 4.78 is 11.4. The highest BCUT2D eigenvalue weighted by atomic mass is 16.5. The van der Waals surface area contributed by atoms with Crippen LogP contribution >= 0.6 is 0 Å². The van der Waals surface area contributed by atoms with Crippen molar-refractivity contribution < 1.29 is 23.8 Å². The Morgan fingerprint density at radius 2 is 1.61 bits per heavy atom. The van der Waals surface area contributed by atoms with Crippen molar-refractivity contribution in [2.75, 3.05) is 0 Å². The van der Waals surface area contributed by atoms with Gasteiger partial charge in [-0.2, -0.15) is 0 Å². The molecule has 0 unspecified atom stereocenters. The number of carboxylic acids is 1. The lowest BCUT2D eigenvalue weighted by Crippen LogP contribution is -2.33. The van der Waals surface area contributed by atoms with E-state index in [9.17, 15) is 9.59 Å². The standard InChI is InChI=1S/C30H27NO5/c32-29(33)18-21-7-15-27(16-8-21)36-20-25-5-2-1-4-24(25)19-31(26-13-14-26)30(34)23-11-9-22(10-12-23)28-6-3-17-35-28/h1-12,15-17,26H,13-14,18-20H2,(H,32,33). The van der Waals surface area contributed by atoms with E-state index in [2.05, 4.69) is 0 Å². The molecule has 4 aromatic rings. The van der Waals surface area contributed by atoms with Crippen molar-refractivity contribution in [2.24, 2.45) is 0 Å². The monoisotopic (exact) mass is 481 g/mol. The van der Waals surface area contributed by atoms with Gasteiger partial charge in [0.2, 0.25) is 0 Å². The highest BCUT2D eigenvalue weighted by molar-refractivity contribution is 5.95. The molecule has 6 heteroatoms. The van der Waals surface area contributed by atoms with Gasteiger partial charge in [-0.15, -0.1) is 0 Å². The molecule has 0 spiro atoms. The number of carbonyl (C=O) groups is 2. The third-order valence-corrected chi connectivity index (χ3v) is 6.32. The van der Waals surface area contributed by atoms with Crippen LogP contribution in [0, 0.1) is 0 Å². The fourth-order valence-corrected chi connectivity index (χ4v) is 4.21. The van der Waals surface area contributed by atoms with E-state index >= 15 is 0 Å². The molecule has 1 amide bonds. The van der Waals surface area contributed by atoms with Crippen molar-refractivity contribution in [1.82, 2.24) is 4.90 Å². The zero-order valence-electron chi connectivity index (χ0n) is 19.8. The molecule has 6 nitrogen and oxygen atoms in total. The molecule has 1 N–H and O–H groups in total. The van der Waals surface area contributed by atoms with Gasteiger partial charge in [0.25, 0.3) is 5.91 Å². The predicted octanol–water partition coefficient (Wildman–Crippen LogP) is 5.96. The summed E-state index contributed by atoms with van der Waals surface area (Å²) in [6.07, 6.45) is 3.65. The Hall–Kier alpha value is -4.32. The van der Waals surface area contributed by atoms with Crippen LogP contribution in [0.1, 0.15) is 39.9 Å². The minimum Gasteiger partial charge on any atom is -0.489 e. The van der Waals surface area contributed by atoms with Crippen molar-refractivity contribution in [3.05, 3.63) is 113 Å². The van der Waals surface area contributed by atoms with Crippen LogP contribution in [0.3, 0.4) is 0 Å². The van der Waals surface area contributed by atoms with Crippen LogP contribution in [0.4, 0.5) is 0 Å². The second kappa shape index (κ2) is 10.5. The van der Waals surface area contributed by atoms with Gasteiger partial charge in [0, 0.05) is 23.7 Å². The average Bonchev–Trinajstić information content (AvgIpc) is 3.59. The molecule has 0 bridgehead atoms. The largest absolute Gasteiger partial charge is 0.489 e. The molecule has 0 saturated heterocycles. The Morgan fingerprint density at radius 1 is 0.889 bits per heavy atom. The van der Waals surface area contributed by atoms with E-state index in [-0.39, 0.29) is 18.4 Å². The van der Waals surface area contributed by atoms with Crippen LogP contribution in [0.2, 0.25) is 0 Å². The number of amides is 1. The molecule has 182 valence electrons. The second-order valence-corrected chi connectivity index (χ2v) is 8.99. The summed E-state index contributed by atoms with van der Waals surface area (Å²) in [6.45, 7) is 0.875. The first kappa shape index (κ1) is 23.4. The molecule has 0 aliphatic heterocycles. The number of hydrogen-bond acceptors (Lipinski definition) is 4. The molecule has 5 rings (SSSR count). The number of rotatable bonds is 10. The van der Waals surface area contributed by atoms with E-state index in [1.807, 2.05) is 65.6 Å². The van der Waals surface area contributed by atoms with Crippen LogP contribution < -0.4 is 4.74 Å². The molecular formula is C30H27NO5. The maximum Gasteiger partial charge on any atom is 0.307 e. The molecular weight excluding hydrogens is 454 g/mol. The fraction of sp³-hybridized carbons (Fsp3) is 0.200. The Bertz CT molecular complexity index is 1320. The van der Waals surface area contributed by atoms with Gasteiger partial charge in [0.1, 0.15) is 18.1 Å². The molecule has 1 aliphatic rings. The lowest BCUT2D eigenvalue weighted by atomic mass is 10.1. The summed E-state index contributed by atoms with van der Waals surface area (Å²) in [7, 11) is 0. The SMILES string of the molecule is O=C(O)Cc1ccc(OCc2ccccc2CN(C(=O)c2ccc(-c3ccco3)cc2)C2CC2)cc1. The number of benzene rings is 3. The summed E-state index contributed by atoms with van der Waals surface area (Å²) in [5, 5.41) is 8.93. The minimum atomic E-state index is -0.860. The van der Waals surface area contributed by atoms with Crippen molar-refractivity contribution in [3.8, 4) is 17.1 Å². The Morgan fingerprint density at radius 3 is 2.25 bits per heavy atom. The van der Waals surface area contributed by atoms with Crippen molar-refractivity contribution in [2.45, 2.75) is 38.5 Å². The van der Waals surface area contributed by atoms with Crippen molar-refractivity contribution in [1.29, 1.82) is 0 Å². The third kappa shape index (κ3) is 5.66. The first-order valence-electron chi connectivity index (χ1n) is 12.0. The zero-order valence-corrected chi connectivity index (χ0v) is 19.8. The number of furan rings is 1. The van der Waals surface area contributed by atoms with E-state index in [4.69, 9.17) is 14.3 Å². The number of aliphatic carboxylic acids is 1. The lowest BCUT2D eigenvalue weighted by Gasteiger charge is -2.24. The summed E-state index contributed by atoms with van der Waals surface area (Å²) in [6, 6.07) is 26.6. The maximum atomic E-state index is 13.5. The highest BCUT2D eigenvalue weighted by Gasteiger charge is 2.33. The molecule has 0 radical (unpaired) electrons. The fourth-order valence-electron chi connectivity index (χ4n) is 4.21. The number of carbonyl (C=O) groups excluding carboxylic acids is 1. The van der Waals surface area contributed by atoms with Crippen molar-refractivity contribution in [3.63, 3.8) is 0 Å². The van der Waals surface area contributed by atoms with Gasteiger partial charge in [-0.05, 0) is 65.9 Å². The Labute approximate surface area is 209 Å². The third-order valence-electron chi connectivity index (χ3n) is 6.32. The van der Waals surface area contributed by atoms with Gasteiger partial charge in [-0.25, -0.2) is 0 Å². The van der Waals surface area contributed by atoms with Gasteiger partial charge in [0.15, 0.2) is 0 Å². The van der Waals surface area contributed by atoms with Gasteiger partial charge in [-0.1, -0.05) is 48.5 Å². The van der Waals surface area contributed by atoms with E-state index in [1.165, 1.54) is 0 Å². The first-order chi connectivity index (χ1) is 17.6. The lowest BCUT2D eigenvalue weighted by molar-refractivity contribution is -0.136. The number of hydrogen-bond donors (Lipinski definition) is 1. The van der Waals surface area contributed by atoms with Crippen LogP contribution in [-0.4, -0.2) is 27.9 Å². The maximum absolute atomic E-state index is 13.5. The zero-order chi connectivity index (χ0) is 24.9. The van der Waals surface area contributed by atoms with E-state index in [0.717, 1.165) is 40.9 Å². The number of nitrogens with zero attached hydrogens (tertiary/aromatic N) is 1.